The third kappa shape index (κ3) is 2.30. The third-order valence-corrected chi connectivity index (χ3v) is 10.7. The minimum Gasteiger partial charge on any atom is -0.0619 e. The Morgan fingerprint density at radius 1 is 0.514 bits per heavy atom. The highest BCUT2D eigenvalue weighted by Crippen LogP contribution is 2.69. The summed E-state index contributed by atoms with van der Waals surface area (Å²) in [5, 5.41) is 0. The Balaban J connectivity index is 1.29. The Morgan fingerprint density at radius 3 is 2.00 bits per heavy atom. The highest BCUT2D eigenvalue weighted by Gasteiger charge is 2.61. The normalized spacial score (nSPS) is 30.3. The molecule has 35 heavy (non-hydrogen) atoms. The number of hydrogen-bond donors (Lipinski definition) is 0. The van der Waals surface area contributed by atoms with Gasteiger partial charge in [0.05, 0.1) is 0 Å². The maximum Gasteiger partial charge on any atom is 0.0272 e. The molecular formula is C35H30. The van der Waals surface area contributed by atoms with E-state index in [1.807, 2.05) is 0 Å². The zero-order valence-corrected chi connectivity index (χ0v) is 20.1. The van der Waals surface area contributed by atoms with Crippen molar-refractivity contribution in [1.29, 1.82) is 0 Å². The van der Waals surface area contributed by atoms with Crippen LogP contribution in [-0.4, -0.2) is 0 Å². The van der Waals surface area contributed by atoms with Crippen molar-refractivity contribution in [1.82, 2.24) is 0 Å². The van der Waals surface area contributed by atoms with Gasteiger partial charge in [-0.3, -0.25) is 0 Å². The summed E-state index contributed by atoms with van der Waals surface area (Å²) in [6.45, 7) is 0. The van der Waals surface area contributed by atoms with Gasteiger partial charge in [-0.25, -0.2) is 0 Å². The third-order valence-electron chi connectivity index (χ3n) is 10.7. The smallest absolute Gasteiger partial charge is 0.0272 e. The molecule has 0 radical (unpaired) electrons. The molecule has 4 aromatic carbocycles. The zero-order valence-electron chi connectivity index (χ0n) is 20.1. The Bertz CT molecular complexity index is 1510. The molecule has 0 atom stereocenters. The van der Waals surface area contributed by atoms with E-state index >= 15 is 0 Å². The summed E-state index contributed by atoms with van der Waals surface area (Å²) < 4.78 is 0. The second-order valence-electron chi connectivity index (χ2n) is 12.2. The van der Waals surface area contributed by atoms with Crippen molar-refractivity contribution in [2.24, 2.45) is 23.7 Å². The molecule has 0 aliphatic heterocycles. The minimum atomic E-state index is 0.241. The molecule has 6 aliphatic rings. The van der Waals surface area contributed by atoms with Gasteiger partial charge in [-0.1, -0.05) is 78.9 Å². The predicted octanol–water partition coefficient (Wildman–Crippen LogP) is 8.65. The largest absolute Gasteiger partial charge is 0.0619 e. The van der Waals surface area contributed by atoms with E-state index in [1.54, 1.807) is 11.1 Å². The van der Waals surface area contributed by atoms with Gasteiger partial charge in [0, 0.05) is 5.41 Å². The fourth-order valence-electron chi connectivity index (χ4n) is 9.75. The van der Waals surface area contributed by atoms with Gasteiger partial charge in [-0.05, 0) is 124 Å². The van der Waals surface area contributed by atoms with Crippen LogP contribution in [0.15, 0.2) is 84.9 Å². The van der Waals surface area contributed by atoms with Crippen LogP contribution in [0.1, 0.15) is 54.4 Å². The molecule has 0 heterocycles. The quantitative estimate of drug-likeness (QED) is 0.240. The van der Waals surface area contributed by atoms with Crippen molar-refractivity contribution in [2.45, 2.75) is 43.9 Å². The minimum absolute atomic E-state index is 0.241. The van der Waals surface area contributed by atoms with E-state index < -0.39 is 0 Å². The molecule has 0 nitrogen and oxygen atoms in total. The van der Waals surface area contributed by atoms with E-state index in [-0.39, 0.29) is 5.41 Å². The number of rotatable bonds is 1. The molecule has 4 bridgehead atoms. The van der Waals surface area contributed by atoms with Crippen LogP contribution in [0.25, 0.3) is 33.4 Å². The average Bonchev–Trinajstić information content (AvgIpc) is 3.41. The number of fused-ring (bicyclic) bond motifs is 6. The summed E-state index contributed by atoms with van der Waals surface area (Å²) in [5.41, 5.74) is 15.3. The fraction of sp³-hybridized carbons (Fsp3) is 0.314. The molecule has 0 unspecified atom stereocenters. The lowest BCUT2D eigenvalue weighted by molar-refractivity contribution is -0.0399. The first-order chi connectivity index (χ1) is 17.3. The maximum atomic E-state index is 2.65. The van der Waals surface area contributed by atoms with Crippen LogP contribution < -0.4 is 0 Å². The van der Waals surface area contributed by atoms with Crippen LogP contribution in [0.2, 0.25) is 0 Å². The lowest BCUT2D eigenvalue weighted by Gasteiger charge is -2.61. The average molecular weight is 451 g/mol. The van der Waals surface area contributed by atoms with Crippen molar-refractivity contribution in [3.05, 3.63) is 107 Å². The molecule has 0 N–H and O–H groups in total. The molecule has 4 aromatic rings. The van der Waals surface area contributed by atoms with Gasteiger partial charge < -0.3 is 0 Å². The summed E-state index contributed by atoms with van der Waals surface area (Å²) >= 11 is 0. The van der Waals surface area contributed by atoms with Crippen molar-refractivity contribution in [2.75, 3.05) is 0 Å². The Hall–Kier alpha value is -3.12. The van der Waals surface area contributed by atoms with Crippen molar-refractivity contribution in [3.8, 4) is 33.4 Å². The molecule has 0 aromatic heterocycles. The van der Waals surface area contributed by atoms with Gasteiger partial charge in [0.2, 0.25) is 0 Å². The van der Waals surface area contributed by atoms with Gasteiger partial charge in [-0.15, -0.1) is 0 Å². The molecule has 0 saturated heterocycles. The van der Waals surface area contributed by atoms with Gasteiger partial charge in [0.15, 0.2) is 0 Å². The lowest BCUT2D eigenvalue weighted by Crippen LogP contribution is -2.55. The standard InChI is InChI=1S/C35H30/c1-2-8-28-23(6-1)19-25-7-5-10-29(34(25)28)24-12-13-31-30-9-3-4-11-32(30)35(33(31)20-24)26-15-21-14-22(17-26)18-27(35)16-21/h1-13,20-22,26-27H,14-19H2. The second kappa shape index (κ2) is 6.55. The first-order valence-electron chi connectivity index (χ1n) is 13.8. The Kier molecular flexibility index (Phi) is 3.58. The van der Waals surface area contributed by atoms with E-state index in [4.69, 9.17) is 0 Å². The van der Waals surface area contributed by atoms with Crippen molar-refractivity contribution < 1.29 is 0 Å². The van der Waals surface area contributed by atoms with Crippen LogP contribution in [-0.2, 0) is 11.8 Å². The van der Waals surface area contributed by atoms with Crippen molar-refractivity contribution in [3.63, 3.8) is 0 Å². The van der Waals surface area contributed by atoms with Crippen LogP contribution in [0, 0.1) is 23.7 Å². The SMILES string of the molecule is c1ccc2c(c1)Cc1cccc(-c3ccc4c(c3)C3(c5ccccc5-4)C4CC5CC(C4)CC3C5)c1-2. The summed E-state index contributed by atoms with van der Waals surface area (Å²) in [7, 11) is 0. The first kappa shape index (κ1) is 19.1. The summed E-state index contributed by atoms with van der Waals surface area (Å²) in [5.74, 6) is 3.60. The van der Waals surface area contributed by atoms with E-state index in [2.05, 4.69) is 84.9 Å². The lowest BCUT2D eigenvalue weighted by atomic mass is 9.43. The Labute approximate surface area is 208 Å². The van der Waals surface area contributed by atoms with E-state index in [0.29, 0.717) is 0 Å². The molecule has 0 heteroatoms. The molecule has 6 aliphatic carbocycles. The Morgan fingerprint density at radius 2 is 1.17 bits per heavy atom. The maximum absolute atomic E-state index is 2.65. The van der Waals surface area contributed by atoms with Gasteiger partial charge in [-0.2, -0.15) is 0 Å². The van der Waals surface area contributed by atoms with Gasteiger partial charge >= 0.3 is 0 Å². The number of hydrogen-bond acceptors (Lipinski definition) is 0. The molecule has 4 saturated carbocycles. The molecule has 170 valence electrons. The summed E-state index contributed by atoms with van der Waals surface area (Å²) in [4.78, 5) is 0. The molecule has 1 spiro atoms. The second-order valence-corrected chi connectivity index (χ2v) is 12.2. The van der Waals surface area contributed by atoms with Gasteiger partial charge in [0.25, 0.3) is 0 Å². The van der Waals surface area contributed by atoms with E-state index in [1.165, 1.54) is 76.6 Å². The van der Waals surface area contributed by atoms with Crippen LogP contribution >= 0.6 is 0 Å². The van der Waals surface area contributed by atoms with Crippen LogP contribution in [0.3, 0.4) is 0 Å². The molecule has 4 fully saturated rings. The van der Waals surface area contributed by atoms with E-state index in [9.17, 15) is 0 Å². The summed E-state index contributed by atoms with van der Waals surface area (Å²) in [6.07, 6.45) is 8.34. The highest BCUT2D eigenvalue weighted by molar-refractivity contribution is 5.92. The predicted molar refractivity (Wildman–Crippen MR) is 143 cm³/mol. The topological polar surface area (TPSA) is 0 Å². The van der Waals surface area contributed by atoms with Crippen LogP contribution in [0.4, 0.5) is 0 Å². The zero-order chi connectivity index (χ0) is 22.7. The molecular weight excluding hydrogens is 420 g/mol. The first-order valence-corrected chi connectivity index (χ1v) is 13.8. The van der Waals surface area contributed by atoms with Crippen LogP contribution in [0.5, 0.6) is 0 Å². The monoisotopic (exact) mass is 450 g/mol. The fourth-order valence-corrected chi connectivity index (χ4v) is 9.75. The van der Waals surface area contributed by atoms with E-state index in [0.717, 1.165) is 30.1 Å². The van der Waals surface area contributed by atoms with Gasteiger partial charge in [0.1, 0.15) is 0 Å². The molecule has 0 amide bonds. The summed E-state index contributed by atoms with van der Waals surface area (Å²) in [6, 6.07) is 33.0. The molecule has 10 rings (SSSR count). The number of benzene rings is 4. The van der Waals surface area contributed by atoms with Crippen molar-refractivity contribution >= 4 is 0 Å². The highest BCUT2D eigenvalue weighted by atomic mass is 14.6.